The SMILES string of the molecule is C[Si](C)(C)CCOCn1nc(-c2ccncc2)cc1N1CCC(CC(F)(F)F)CC1=O. The van der Waals surface area contributed by atoms with E-state index in [1.807, 2.05) is 12.1 Å². The fourth-order valence-electron chi connectivity index (χ4n) is 3.55. The Hall–Kier alpha value is -2.20. The van der Waals surface area contributed by atoms with E-state index < -0.39 is 26.6 Å². The lowest BCUT2D eigenvalue weighted by atomic mass is 9.93. The molecule has 0 aliphatic carbocycles. The number of hydrogen-bond donors (Lipinski definition) is 0. The molecule has 1 fully saturated rings. The minimum atomic E-state index is -4.26. The molecular formula is C21H29F3N4O2Si. The van der Waals surface area contributed by atoms with Crippen LogP contribution in [0.25, 0.3) is 11.3 Å². The van der Waals surface area contributed by atoms with Crippen molar-refractivity contribution in [2.75, 3.05) is 18.1 Å². The highest BCUT2D eigenvalue weighted by Gasteiger charge is 2.37. The first-order valence-corrected chi connectivity index (χ1v) is 14.2. The third-order valence-corrected chi connectivity index (χ3v) is 6.97. The van der Waals surface area contributed by atoms with Crippen LogP contribution in [0.1, 0.15) is 19.3 Å². The standard InChI is InChI=1S/C21H29F3N4O2Si/c1-31(2,3)11-10-30-15-28-19(13-18(26-28)17-4-7-25-8-5-17)27-9-6-16(12-20(27)29)14-21(22,23)24/h4-5,7-8,13,16H,6,9-12,14-15H2,1-3H3. The summed E-state index contributed by atoms with van der Waals surface area (Å²) >= 11 is 0. The molecule has 3 rings (SSSR count). The third-order valence-electron chi connectivity index (χ3n) is 5.27. The summed E-state index contributed by atoms with van der Waals surface area (Å²) in [6.45, 7) is 7.81. The Labute approximate surface area is 181 Å². The second kappa shape index (κ2) is 9.52. The number of rotatable bonds is 8. The van der Waals surface area contributed by atoms with Gasteiger partial charge >= 0.3 is 6.18 Å². The number of hydrogen-bond acceptors (Lipinski definition) is 4. The number of carbonyl (C=O) groups is 1. The van der Waals surface area contributed by atoms with Gasteiger partial charge < -0.3 is 4.74 Å². The summed E-state index contributed by atoms with van der Waals surface area (Å²) in [4.78, 5) is 18.3. The molecule has 0 bridgehead atoms. The van der Waals surface area contributed by atoms with Gasteiger partial charge in [-0.2, -0.15) is 18.3 Å². The van der Waals surface area contributed by atoms with Gasteiger partial charge in [0.1, 0.15) is 12.5 Å². The monoisotopic (exact) mass is 454 g/mol. The largest absolute Gasteiger partial charge is 0.389 e. The van der Waals surface area contributed by atoms with Crippen molar-refractivity contribution in [2.24, 2.45) is 5.92 Å². The van der Waals surface area contributed by atoms with Crippen molar-refractivity contribution in [1.82, 2.24) is 14.8 Å². The second-order valence-corrected chi connectivity index (χ2v) is 14.8. The van der Waals surface area contributed by atoms with E-state index in [4.69, 9.17) is 4.74 Å². The van der Waals surface area contributed by atoms with Crippen LogP contribution >= 0.6 is 0 Å². The fraction of sp³-hybridized carbons (Fsp3) is 0.571. The highest BCUT2D eigenvalue weighted by molar-refractivity contribution is 6.76. The molecule has 1 saturated heterocycles. The van der Waals surface area contributed by atoms with Crippen LogP contribution in [-0.2, 0) is 16.3 Å². The van der Waals surface area contributed by atoms with Gasteiger partial charge in [0.15, 0.2) is 0 Å². The Morgan fingerprint density at radius 3 is 2.55 bits per heavy atom. The predicted octanol–water partition coefficient (Wildman–Crippen LogP) is 4.95. The summed E-state index contributed by atoms with van der Waals surface area (Å²) in [5.41, 5.74) is 1.51. The smallest absolute Gasteiger partial charge is 0.359 e. The zero-order valence-corrected chi connectivity index (χ0v) is 19.2. The number of nitrogens with zero attached hydrogens (tertiary/aromatic N) is 4. The number of aromatic nitrogens is 3. The van der Waals surface area contributed by atoms with Gasteiger partial charge in [0.2, 0.25) is 5.91 Å². The molecule has 0 saturated carbocycles. The Morgan fingerprint density at radius 2 is 1.94 bits per heavy atom. The van der Waals surface area contributed by atoms with Crippen molar-refractivity contribution in [3.63, 3.8) is 0 Å². The van der Waals surface area contributed by atoms with E-state index in [2.05, 4.69) is 29.7 Å². The molecule has 0 radical (unpaired) electrons. The molecule has 2 aromatic rings. The van der Waals surface area contributed by atoms with E-state index in [0.29, 0.717) is 24.5 Å². The summed E-state index contributed by atoms with van der Waals surface area (Å²) < 4.78 is 45.7. The highest BCUT2D eigenvalue weighted by atomic mass is 28.3. The van der Waals surface area contributed by atoms with Gasteiger partial charge in [-0.3, -0.25) is 14.7 Å². The molecule has 170 valence electrons. The molecule has 10 heteroatoms. The highest BCUT2D eigenvalue weighted by Crippen LogP contribution is 2.34. The van der Waals surface area contributed by atoms with Crippen LogP contribution in [0.3, 0.4) is 0 Å². The Kier molecular flexibility index (Phi) is 7.20. The normalized spacial score (nSPS) is 17.9. The lowest BCUT2D eigenvalue weighted by Gasteiger charge is -2.32. The Morgan fingerprint density at radius 1 is 1.23 bits per heavy atom. The fourth-order valence-corrected chi connectivity index (χ4v) is 4.31. The van der Waals surface area contributed by atoms with Crippen LogP contribution in [0.15, 0.2) is 30.6 Å². The summed E-state index contributed by atoms with van der Waals surface area (Å²) in [7, 11) is -1.25. The molecule has 31 heavy (non-hydrogen) atoms. The molecule has 1 unspecified atom stereocenters. The van der Waals surface area contributed by atoms with Crippen LogP contribution in [-0.4, -0.2) is 48.1 Å². The van der Waals surface area contributed by atoms with Crippen LogP contribution in [0.4, 0.5) is 19.0 Å². The quantitative estimate of drug-likeness (QED) is 0.418. The minimum Gasteiger partial charge on any atom is -0.359 e. The molecule has 0 spiro atoms. The first-order chi connectivity index (χ1) is 14.5. The third kappa shape index (κ3) is 6.89. The van der Waals surface area contributed by atoms with Gasteiger partial charge in [-0.15, -0.1) is 0 Å². The summed E-state index contributed by atoms with van der Waals surface area (Å²) in [5, 5.41) is 4.60. The summed E-state index contributed by atoms with van der Waals surface area (Å²) in [5.74, 6) is -0.437. The van der Waals surface area contributed by atoms with E-state index in [9.17, 15) is 18.0 Å². The van der Waals surface area contributed by atoms with Crippen molar-refractivity contribution in [3.8, 4) is 11.3 Å². The van der Waals surface area contributed by atoms with Crippen molar-refractivity contribution in [2.45, 2.75) is 57.9 Å². The molecule has 2 aromatic heterocycles. The molecule has 1 atom stereocenters. The Bertz CT molecular complexity index is 881. The van der Waals surface area contributed by atoms with E-state index in [0.717, 1.165) is 11.6 Å². The summed E-state index contributed by atoms with van der Waals surface area (Å²) in [6, 6.07) is 6.43. The van der Waals surface area contributed by atoms with Gasteiger partial charge in [-0.1, -0.05) is 19.6 Å². The van der Waals surface area contributed by atoms with E-state index in [1.165, 1.54) is 4.90 Å². The maximum absolute atomic E-state index is 12.7. The number of carbonyl (C=O) groups excluding carboxylic acids is 1. The molecular weight excluding hydrogens is 425 g/mol. The number of amides is 1. The Balaban J connectivity index is 1.77. The van der Waals surface area contributed by atoms with Crippen molar-refractivity contribution < 1.29 is 22.7 Å². The molecule has 1 amide bonds. The minimum absolute atomic E-state index is 0.119. The maximum Gasteiger partial charge on any atom is 0.389 e. The van der Waals surface area contributed by atoms with Crippen molar-refractivity contribution >= 4 is 19.8 Å². The van der Waals surface area contributed by atoms with Crippen LogP contribution in [0.2, 0.25) is 25.7 Å². The zero-order valence-electron chi connectivity index (χ0n) is 18.2. The van der Waals surface area contributed by atoms with E-state index in [1.54, 1.807) is 23.1 Å². The molecule has 1 aliphatic heterocycles. The van der Waals surface area contributed by atoms with Gasteiger partial charge in [0.05, 0.1) is 5.69 Å². The van der Waals surface area contributed by atoms with Crippen LogP contribution in [0.5, 0.6) is 0 Å². The number of pyridine rings is 1. The van der Waals surface area contributed by atoms with E-state index in [-0.39, 0.29) is 25.6 Å². The van der Waals surface area contributed by atoms with Gasteiger partial charge in [-0.25, -0.2) is 4.68 Å². The molecule has 0 N–H and O–H groups in total. The van der Waals surface area contributed by atoms with Gasteiger partial charge in [0, 0.05) is 58.1 Å². The van der Waals surface area contributed by atoms with Crippen molar-refractivity contribution in [3.05, 3.63) is 30.6 Å². The molecule has 3 heterocycles. The number of halogens is 3. The predicted molar refractivity (Wildman–Crippen MR) is 115 cm³/mol. The molecule has 0 aromatic carbocycles. The summed E-state index contributed by atoms with van der Waals surface area (Å²) in [6.07, 6.45) is -1.68. The van der Waals surface area contributed by atoms with Gasteiger partial charge in [0.25, 0.3) is 0 Å². The average Bonchev–Trinajstić information content (AvgIpc) is 3.08. The van der Waals surface area contributed by atoms with Crippen LogP contribution < -0.4 is 4.90 Å². The number of anilines is 1. The first kappa shape index (κ1) is 23.5. The molecule has 6 nitrogen and oxygen atoms in total. The number of piperidine rings is 1. The second-order valence-electron chi connectivity index (χ2n) is 9.19. The number of alkyl halides is 3. The lowest BCUT2D eigenvalue weighted by molar-refractivity contribution is -0.148. The molecule has 1 aliphatic rings. The maximum atomic E-state index is 12.7. The average molecular weight is 455 g/mol. The van der Waals surface area contributed by atoms with Gasteiger partial charge in [-0.05, 0) is 30.5 Å². The van der Waals surface area contributed by atoms with Crippen LogP contribution in [0, 0.1) is 5.92 Å². The van der Waals surface area contributed by atoms with Crippen molar-refractivity contribution in [1.29, 1.82) is 0 Å². The first-order valence-electron chi connectivity index (χ1n) is 10.4. The zero-order chi connectivity index (χ0) is 22.6. The lowest BCUT2D eigenvalue weighted by Crippen LogP contribution is -2.41. The topological polar surface area (TPSA) is 60.2 Å². The number of ether oxygens (including phenoxy) is 1. The van der Waals surface area contributed by atoms with E-state index >= 15 is 0 Å².